The van der Waals surface area contributed by atoms with Gasteiger partial charge in [-0.15, -0.1) is 0 Å². The molecule has 1 aliphatic carbocycles. The van der Waals surface area contributed by atoms with Gasteiger partial charge in [-0.2, -0.15) is 5.10 Å². The Balaban J connectivity index is 1.69. The Labute approximate surface area is 117 Å². The van der Waals surface area contributed by atoms with Crippen molar-refractivity contribution in [2.45, 2.75) is 32.0 Å². The fourth-order valence-corrected chi connectivity index (χ4v) is 2.10. The minimum Gasteiger partial charge on any atom is -0.485 e. The lowest BCUT2D eigenvalue weighted by atomic mass is 10.2. The van der Waals surface area contributed by atoms with Gasteiger partial charge in [0.25, 0.3) is 0 Å². The molecule has 3 rings (SSSR count). The number of nitrogens with one attached hydrogen (secondary N) is 1. The Morgan fingerprint density at radius 3 is 3.00 bits per heavy atom. The average Bonchev–Trinajstić information content (AvgIpc) is 3.17. The lowest BCUT2D eigenvalue weighted by molar-refractivity contribution is 0.286. The molecule has 0 saturated heterocycles. The molecule has 2 aromatic rings. The number of halogens is 1. The number of ether oxygens (including phenoxy) is 1. The van der Waals surface area contributed by atoms with Crippen molar-refractivity contribution in [3.8, 4) is 5.75 Å². The lowest BCUT2D eigenvalue weighted by Gasteiger charge is -2.12. The molecule has 0 unspecified atom stereocenters. The van der Waals surface area contributed by atoms with Crippen LogP contribution in [0.1, 0.15) is 24.0 Å². The van der Waals surface area contributed by atoms with Crippen LogP contribution in [0.5, 0.6) is 5.75 Å². The normalized spacial score (nSPS) is 14.5. The number of aryl methyl sites for hydroxylation is 1. The molecule has 5 heteroatoms. The standard InChI is InChI=1S/C15H18FN3O/c1-19-9-11(7-18-19)10-20-15-12(3-2-4-14(15)16)8-17-13-5-6-13/h2-4,7,9,13,17H,5-6,8,10H2,1H3. The van der Waals surface area contributed by atoms with Crippen molar-refractivity contribution in [1.29, 1.82) is 0 Å². The van der Waals surface area contributed by atoms with E-state index in [1.807, 2.05) is 19.3 Å². The molecule has 106 valence electrons. The van der Waals surface area contributed by atoms with Crippen LogP contribution in [0.3, 0.4) is 0 Å². The molecule has 1 heterocycles. The number of aromatic nitrogens is 2. The zero-order chi connectivity index (χ0) is 13.9. The van der Waals surface area contributed by atoms with E-state index >= 15 is 0 Å². The van der Waals surface area contributed by atoms with Gasteiger partial charge in [0.1, 0.15) is 6.61 Å². The summed E-state index contributed by atoms with van der Waals surface area (Å²) in [4.78, 5) is 0. The van der Waals surface area contributed by atoms with Gasteiger partial charge in [-0.1, -0.05) is 12.1 Å². The van der Waals surface area contributed by atoms with Crippen LogP contribution in [0.25, 0.3) is 0 Å². The van der Waals surface area contributed by atoms with Crippen molar-refractivity contribution in [2.24, 2.45) is 7.05 Å². The lowest BCUT2D eigenvalue weighted by Crippen LogP contribution is -2.16. The van der Waals surface area contributed by atoms with E-state index in [-0.39, 0.29) is 5.82 Å². The van der Waals surface area contributed by atoms with Crippen LogP contribution in [0, 0.1) is 5.82 Å². The van der Waals surface area contributed by atoms with Gasteiger partial charge in [0, 0.05) is 37.0 Å². The highest BCUT2D eigenvalue weighted by Gasteiger charge is 2.21. The molecular formula is C15H18FN3O. The highest BCUT2D eigenvalue weighted by Crippen LogP contribution is 2.25. The Morgan fingerprint density at radius 1 is 1.45 bits per heavy atom. The molecular weight excluding hydrogens is 257 g/mol. The Bertz CT molecular complexity index is 593. The molecule has 1 saturated carbocycles. The predicted molar refractivity (Wildman–Crippen MR) is 73.8 cm³/mol. The van der Waals surface area contributed by atoms with E-state index in [0.717, 1.165) is 11.1 Å². The second kappa shape index (κ2) is 5.63. The SMILES string of the molecule is Cn1cc(COc2c(F)cccc2CNC2CC2)cn1. The maximum absolute atomic E-state index is 13.9. The number of hydrogen-bond acceptors (Lipinski definition) is 3. The van der Waals surface area contributed by atoms with Gasteiger partial charge < -0.3 is 10.1 Å². The first-order valence-electron chi connectivity index (χ1n) is 6.83. The van der Waals surface area contributed by atoms with Crippen molar-refractivity contribution in [3.05, 3.63) is 47.5 Å². The van der Waals surface area contributed by atoms with Gasteiger partial charge in [-0.25, -0.2) is 4.39 Å². The minimum atomic E-state index is -0.316. The molecule has 0 spiro atoms. The quantitative estimate of drug-likeness (QED) is 0.880. The molecule has 0 radical (unpaired) electrons. The smallest absolute Gasteiger partial charge is 0.165 e. The average molecular weight is 275 g/mol. The molecule has 0 aliphatic heterocycles. The molecule has 1 aliphatic rings. The van der Waals surface area contributed by atoms with E-state index in [0.29, 0.717) is 24.9 Å². The molecule has 4 nitrogen and oxygen atoms in total. The molecule has 1 aromatic carbocycles. The number of nitrogens with zero attached hydrogens (tertiary/aromatic N) is 2. The van der Waals surface area contributed by atoms with Gasteiger partial charge in [-0.3, -0.25) is 4.68 Å². The van der Waals surface area contributed by atoms with E-state index < -0.39 is 0 Å². The molecule has 1 aromatic heterocycles. The summed E-state index contributed by atoms with van der Waals surface area (Å²) < 4.78 is 21.3. The van der Waals surface area contributed by atoms with E-state index in [1.165, 1.54) is 18.9 Å². The maximum atomic E-state index is 13.9. The predicted octanol–water partition coefficient (Wildman–Crippen LogP) is 2.39. The van der Waals surface area contributed by atoms with Crippen LogP contribution < -0.4 is 10.1 Å². The summed E-state index contributed by atoms with van der Waals surface area (Å²) >= 11 is 0. The largest absolute Gasteiger partial charge is 0.485 e. The first-order valence-corrected chi connectivity index (χ1v) is 6.83. The number of benzene rings is 1. The second-order valence-corrected chi connectivity index (χ2v) is 5.19. The van der Waals surface area contributed by atoms with E-state index in [4.69, 9.17) is 4.74 Å². The summed E-state index contributed by atoms with van der Waals surface area (Å²) in [7, 11) is 1.84. The fraction of sp³-hybridized carbons (Fsp3) is 0.400. The van der Waals surface area contributed by atoms with E-state index in [2.05, 4.69) is 10.4 Å². The number of rotatable bonds is 6. The summed E-state index contributed by atoms with van der Waals surface area (Å²) in [6, 6.07) is 5.64. The topological polar surface area (TPSA) is 39.1 Å². The van der Waals surface area contributed by atoms with Crippen molar-refractivity contribution in [1.82, 2.24) is 15.1 Å². The Hall–Kier alpha value is -1.88. The minimum absolute atomic E-state index is 0.316. The van der Waals surface area contributed by atoms with Crippen molar-refractivity contribution >= 4 is 0 Å². The zero-order valence-electron chi connectivity index (χ0n) is 11.5. The van der Waals surface area contributed by atoms with Gasteiger partial charge in [0.05, 0.1) is 6.20 Å². The third kappa shape index (κ3) is 3.17. The van der Waals surface area contributed by atoms with Gasteiger partial charge in [0.15, 0.2) is 11.6 Å². The van der Waals surface area contributed by atoms with Gasteiger partial charge in [-0.05, 0) is 18.9 Å². The molecule has 0 amide bonds. The van der Waals surface area contributed by atoms with Gasteiger partial charge in [0.2, 0.25) is 0 Å². The van der Waals surface area contributed by atoms with Crippen LogP contribution in [0.4, 0.5) is 4.39 Å². The monoisotopic (exact) mass is 275 g/mol. The first kappa shape index (κ1) is 13.1. The Kier molecular flexibility index (Phi) is 3.69. The zero-order valence-corrected chi connectivity index (χ0v) is 11.5. The second-order valence-electron chi connectivity index (χ2n) is 5.19. The fourth-order valence-electron chi connectivity index (χ4n) is 2.10. The third-order valence-electron chi connectivity index (χ3n) is 3.35. The van der Waals surface area contributed by atoms with Crippen molar-refractivity contribution < 1.29 is 9.13 Å². The summed E-state index contributed by atoms with van der Waals surface area (Å²) in [6.07, 6.45) is 6.01. The first-order chi connectivity index (χ1) is 9.72. The molecule has 0 bridgehead atoms. The summed E-state index contributed by atoms with van der Waals surface area (Å²) in [5, 5.41) is 7.45. The maximum Gasteiger partial charge on any atom is 0.165 e. The van der Waals surface area contributed by atoms with E-state index in [1.54, 1.807) is 16.9 Å². The highest BCUT2D eigenvalue weighted by molar-refractivity contribution is 5.35. The Morgan fingerprint density at radius 2 is 2.30 bits per heavy atom. The highest BCUT2D eigenvalue weighted by atomic mass is 19.1. The summed E-state index contributed by atoms with van der Waals surface area (Å²) in [5.74, 6) is 0.0218. The van der Waals surface area contributed by atoms with Crippen molar-refractivity contribution in [2.75, 3.05) is 0 Å². The molecule has 1 N–H and O–H groups in total. The van der Waals surface area contributed by atoms with Crippen LogP contribution >= 0.6 is 0 Å². The van der Waals surface area contributed by atoms with Crippen LogP contribution in [-0.2, 0) is 20.2 Å². The van der Waals surface area contributed by atoms with Crippen molar-refractivity contribution in [3.63, 3.8) is 0 Å². The summed E-state index contributed by atoms with van der Waals surface area (Å²) in [6.45, 7) is 0.968. The number of para-hydroxylation sites is 1. The summed E-state index contributed by atoms with van der Waals surface area (Å²) in [5.41, 5.74) is 1.79. The number of hydrogen-bond donors (Lipinski definition) is 1. The van der Waals surface area contributed by atoms with Crippen LogP contribution in [0.2, 0.25) is 0 Å². The third-order valence-corrected chi connectivity index (χ3v) is 3.35. The molecule has 20 heavy (non-hydrogen) atoms. The van der Waals surface area contributed by atoms with Gasteiger partial charge >= 0.3 is 0 Å². The molecule has 0 atom stereocenters. The van der Waals surface area contributed by atoms with Crippen LogP contribution in [-0.4, -0.2) is 15.8 Å². The van der Waals surface area contributed by atoms with E-state index in [9.17, 15) is 4.39 Å². The van der Waals surface area contributed by atoms with Crippen LogP contribution in [0.15, 0.2) is 30.6 Å². The molecule has 1 fully saturated rings.